The third kappa shape index (κ3) is 4.62. The first-order valence-electron chi connectivity index (χ1n) is 9.89. The smallest absolute Gasteiger partial charge is 0.258 e. The standard InChI is InChI=1S/C27H22INO/c1-20-12-17-26(25(28)18-20)29(19-21-8-4-2-5-9-21)27(30)24-15-13-23(14-16-24)22-10-6-3-7-11-22/h2-18H,19H2,1H3. The van der Waals surface area contributed by atoms with E-state index < -0.39 is 0 Å². The number of carbonyl (C=O) groups is 1. The van der Waals surface area contributed by atoms with Crippen molar-refractivity contribution < 1.29 is 4.79 Å². The number of carbonyl (C=O) groups excluding carboxylic acids is 1. The fourth-order valence-electron chi connectivity index (χ4n) is 3.45. The summed E-state index contributed by atoms with van der Waals surface area (Å²) in [6.07, 6.45) is 0. The average molecular weight is 503 g/mol. The summed E-state index contributed by atoms with van der Waals surface area (Å²) in [4.78, 5) is 15.4. The zero-order chi connectivity index (χ0) is 20.9. The molecule has 4 rings (SSSR count). The van der Waals surface area contributed by atoms with Crippen LogP contribution in [0.25, 0.3) is 11.1 Å². The summed E-state index contributed by atoms with van der Waals surface area (Å²) in [6, 6.07) is 34.4. The van der Waals surface area contributed by atoms with Crippen LogP contribution in [0.2, 0.25) is 0 Å². The molecule has 4 aromatic rings. The Hall–Kier alpha value is -2.92. The SMILES string of the molecule is Cc1ccc(N(Cc2ccccc2)C(=O)c2ccc(-c3ccccc3)cc2)c(I)c1. The Bertz CT molecular complexity index is 1140. The summed E-state index contributed by atoms with van der Waals surface area (Å²) in [5.41, 5.74) is 6.15. The molecular formula is C27H22INO. The predicted octanol–water partition coefficient (Wildman–Crippen LogP) is 7.11. The van der Waals surface area contributed by atoms with E-state index in [0.29, 0.717) is 12.1 Å². The van der Waals surface area contributed by atoms with E-state index in [1.54, 1.807) is 0 Å². The van der Waals surface area contributed by atoms with Gasteiger partial charge in [-0.2, -0.15) is 0 Å². The van der Waals surface area contributed by atoms with Gasteiger partial charge in [0.15, 0.2) is 0 Å². The molecule has 0 atom stereocenters. The molecule has 0 aliphatic carbocycles. The van der Waals surface area contributed by atoms with Crippen molar-refractivity contribution in [1.82, 2.24) is 0 Å². The van der Waals surface area contributed by atoms with Gasteiger partial charge in [-0.25, -0.2) is 0 Å². The predicted molar refractivity (Wildman–Crippen MR) is 133 cm³/mol. The number of amides is 1. The van der Waals surface area contributed by atoms with Gasteiger partial charge in [-0.05, 0) is 76.0 Å². The van der Waals surface area contributed by atoms with Crippen molar-refractivity contribution >= 4 is 34.2 Å². The van der Waals surface area contributed by atoms with Crippen LogP contribution >= 0.6 is 22.6 Å². The third-order valence-electron chi connectivity index (χ3n) is 5.06. The number of halogens is 1. The molecule has 0 aliphatic heterocycles. The van der Waals surface area contributed by atoms with Gasteiger partial charge >= 0.3 is 0 Å². The van der Waals surface area contributed by atoms with E-state index in [1.165, 1.54) is 5.56 Å². The molecule has 0 spiro atoms. The van der Waals surface area contributed by atoms with Crippen LogP contribution in [0.1, 0.15) is 21.5 Å². The minimum absolute atomic E-state index is 0.000216. The van der Waals surface area contributed by atoms with Crippen molar-refractivity contribution in [1.29, 1.82) is 0 Å². The van der Waals surface area contributed by atoms with Gasteiger partial charge in [0, 0.05) is 9.13 Å². The molecule has 0 saturated carbocycles. The van der Waals surface area contributed by atoms with Crippen LogP contribution in [-0.4, -0.2) is 5.91 Å². The lowest BCUT2D eigenvalue weighted by Gasteiger charge is -2.25. The van der Waals surface area contributed by atoms with Crippen molar-refractivity contribution in [2.75, 3.05) is 4.90 Å². The number of hydrogen-bond acceptors (Lipinski definition) is 1. The van der Waals surface area contributed by atoms with Gasteiger partial charge < -0.3 is 4.90 Å². The second-order valence-electron chi connectivity index (χ2n) is 7.28. The minimum Gasteiger partial charge on any atom is -0.303 e. The van der Waals surface area contributed by atoms with E-state index in [9.17, 15) is 4.79 Å². The number of rotatable bonds is 5. The van der Waals surface area contributed by atoms with Gasteiger partial charge in [0.2, 0.25) is 0 Å². The maximum Gasteiger partial charge on any atom is 0.258 e. The topological polar surface area (TPSA) is 20.3 Å². The summed E-state index contributed by atoms with van der Waals surface area (Å²) in [5.74, 6) is 0.000216. The van der Waals surface area contributed by atoms with E-state index >= 15 is 0 Å². The zero-order valence-electron chi connectivity index (χ0n) is 16.8. The summed E-state index contributed by atoms with van der Waals surface area (Å²) in [6.45, 7) is 2.59. The molecule has 0 aliphatic rings. The van der Waals surface area contributed by atoms with Crippen LogP contribution in [0.3, 0.4) is 0 Å². The van der Waals surface area contributed by atoms with Gasteiger partial charge in [0.05, 0.1) is 12.2 Å². The zero-order valence-corrected chi connectivity index (χ0v) is 18.9. The monoisotopic (exact) mass is 503 g/mol. The number of hydrogen-bond donors (Lipinski definition) is 0. The van der Waals surface area contributed by atoms with Crippen molar-refractivity contribution in [3.8, 4) is 11.1 Å². The quantitative estimate of drug-likeness (QED) is 0.266. The molecule has 2 nitrogen and oxygen atoms in total. The van der Waals surface area contributed by atoms with E-state index in [0.717, 1.165) is 25.9 Å². The molecule has 0 heterocycles. The molecule has 30 heavy (non-hydrogen) atoms. The summed E-state index contributed by atoms with van der Waals surface area (Å²) < 4.78 is 1.07. The molecule has 0 fully saturated rings. The van der Waals surface area contributed by atoms with Crippen LogP contribution < -0.4 is 4.90 Å². The molecular weight excluding hydrogens is 481 g/mol. The maximum atomic E-state index is 13.6. The van der Waals surface area contributed by atoms with Crippen molar-refractivity contribution in [2.45, 2.75) is 13.5 Å². The normalized spacial score (nSPS) is 10.6. The largest absolute Gasteiger partial charge is 0.303 e. The fraction of sp³-hybridized carbons (Fsp3) is 0.0741. The highest BCUT2D eigenvalue weighted by molar-refractivity contribution is 14.1. The Kier molecular flexibility index (Phi) is 6.29. The Balaban J connectivity index is 1.68. The van der Waals surface area contributed by atoms with Crippen LogP contribution in [0.4, 0.5) is 5.69 Å². The van der Waals surface area contributed by atoms with Crippen LogP contribution in [0, 0.1) is 10.5 Å². The molecule has 4 aromatic carbocycles. The van der Waals surface area contributed by atoms with Gasteiger partial charge in [0.1, 0.15) is 0 Å². The first kappa shape index (κ1) is 20.4. The average Bonchev–Trinajstić information content (AvgIpc) is 2.79. The van der Waals surface area contributed by atoms with Crippen molar-refractivity contribution in [3.63, 3.8) is 0 Å². The highest BCUT2D eigenvalue weighted by Crippen LogP contribution is 2.28. The molecule has 3 heteroatoms. The van der Waals surface area contributed by atoms with E-state index in [1.807, 2.05) is 71.6 Å². The molecule has 0 N–H and O–H groups in total. The van der Waals surface area contributed by atoms with Gasteiger partial charge in [-0.1, -0.05) is 78.9 Å². The second kappa shape index (κ2) is 9.26. The van der Waals surface area contributed by atoms with E-state index in [2.05, 4.69) is 65.9 Å². The van der Waals surface area contributed by atoms with Gasteiger partial charge in [0.25, 0.3) is 5.91 Å². The van der Waals surface area contributed by atoms with Crippen LogP contribution in [0.5, 0.6) is 0 Å². The lowest BCUT2D eigenvalue weighted by Crippen LogP contribution is -2.31. The van der Waals surface area contributed by atoms with E-state index in [4.69, 9.17) is 0 Å². The number of benzene rings is 4. The lowest BCUT2D eigenvalue weighted by atomic mass is 10.0. The molecule has 0 saturated heterocycles. The molecule has 148 valence electrons. The summed E-state index contributed by atoms with van der Waals surface area (Å²) in [7, 11) is 0. The number of nitrogens with zero attached hydrogens (tertiary/aromatic N) is 1. The Morgan fingerprint density at radius 1 is 0.767 bits per heavy atom. The Labute approximate surface area is 191 Å². The summed E-state index contributed by atoms with van der Waals surface area (Å²) in [5, 5.41) is 0. The summed E-state index contributed by atoms with van der Waals surface area (Å²) >= 11 is 2.32. The van der Waals surface area contributed by atoms with Crippen molar-refractivity contribution in [2.24, 2.45) is 0 Å². The first-order chi connectivity index (χ1) is 14.6. The maximum absolute atomic E-state index is 13.6. The first-order valence-corrected chi connectivity index (χ1v) is 11.0. The van der Waals surface area contributed by atoms with Crippen LogP contribution in [-0.2, 0) is 6.54 Å². The van der Waals surface area contributed by atoms with E-state index in [-0.39, 0.29) is 5.91 Å². The lowest BCUT2D eigenvalue weighted by molar-refractivity contribution is 0.0985. The van der Waals surface area contributed by atoms with Gasteiger partial charge in [-0.15, -0.1) is 0 Å². The molecule has 1 amide bonds. The molecule has 0 unspecified atom stereocenters. The fourth-order valence-corrected chi connectivity index (χ4v) is 4.42. The molecule has 0 radical (unpaired) electrons. The highest BCUT2D eigenvalue weighted by atomic mass is 127. The third-order valence-corrected chi connectivity index (χ3v) is 5.93. The molecule has 0 aromatic heterocycles. The molecule has 0 bridgehead atoms. The highest BCUT2D eigenvalue weighted by Gasteiger charge is 2.20. The number of anilines is 1. The van der Waals surface area contributed by atoms with Crippen molar-refractivity contribution in [3.05, 3.63) is 123 Å². The van der Waals surface area contributed by atoms with Gasteiger partial charge in [-0.3, -0.25) is 4.79 Å². The Morgan fingerprint density at radius 3 is 2.00 bits per heavy atom. The number of aryl methyl sites for hydroxylation is 1. The van der Waals surface area contributed by atoms with Crippen LogP contribution in [0.15, 0.2) is 103 Å². The second-order valence-corrected chi connectivity index (χ2v) is 8.44. The Morgan fingerprint density at radius 2 is 1.37 bits per heavy atom. The minimum atomic E-state index is 0.000216.